The molecule has 0 saturated carbocycles. The third kappa shape index (κ3) is 7.32. The number of carbonyl (C=O) groups is 2. The largest absolute Gasteiger partial charge is 0.459 e. The molecule has 6 nitrogen and oxygen atoms in total. The molecular formula is C15H28N2O4. The van der Waals surface area contributed by atoms with Crippen LogP contribution < -0.4 is 5.32 Å². The molecule has 6 heteroatoms. The number of nitrogens with zero attached hydrogens (tertiary/aromatic N) is 1. The minimum absolute atomic E-state index is 0.00948. The number of likely N-dealkylation sites (tertiary alicyclic amines) is 1. The van der Waals surface area contributed by atoms with Crippen molar-refractivity contribution in [2.24, 2.45) is 5.92 Å². The van der Waals surface area contributed by atoms with E-state index >= 15 is 0 Å². The Balaban J connectivity index is 2.48. The van der Waals surface area contributed by atoms with E-state index in [9.17, 15) is 9.59 Å². The Kier molecular flexibility index (Phi) is 6.45. The van der Waals surface area contributed by atoms with E-state index in [-0.39, 0.29) is 18.6 Å². The van der Waals surface area contributed by atoms with Gasteiger partial charge in [-0.1, -0.05) is 6.92 Å². The third-order valence-corrected chi connectivity index (χ3v) is 3.11. The fourth-order valence-electron chi connectivity index (χ4n) is 2.59. The van der Waals surface area contributed by atoms with Crippen LogP contribution in [0.15, 0.2) is 0 Å². The Labute approximate surface area is 127 Å². The van der Waals surface area contributed by atoms with Gasteiger partial charge >= 0.3 is 12.1 Å². The molecule has 1 amide bonds. The van der Waals surface area contributed by atoms with Gasteiger partial charge in [0.15, 0.2) is 0 Å². The van der Waals surface area contributed by atoms with E-state index in [0.29, 0.717) is 19.1 Å². The molecule has 1 heterocycles. The molecule has 0 radical (unpaired) electrons. The van der Waals surface area contributed by atoms with Gasteiger partial charge in [-0.25, -0.2) is 4.79 Å². The van der Waals surface area contributed by atoms with Crippen LogP contribution in [0.3, 0.4) is 0 Å². The van der Waals surface area contributed by atoms with Gasteiger partial charge in [0.05, 0.1) is 13.2 Å². The lowest BCUT2D eigenvalue weighted by Crippen LogP contribution is -2.52. The first-order valence-electron chi connectivity index (χ1n) is 7.57. The van der Waals surface area contributed by atoms with Gasteiger partial charge < -0.3 is 14.8 Å². The maximum atomic E-state index is 11.9. The van der Waals surface area contributed by atoms with Gasteiger partial charge in [-0.2, -0.15) is 0 Å². The van der Waals surface area contributed by atoms with Gasteiger partial charge in [-0.05, 0) is 40.0 Å². The van der Waals surface area contributed by atoms with E-state index in [0.717, 1.165) is 13.0 Å². The first-order chi connectivity index (χ1) is 9.69. The van der Waals surface area contributed by atoms with Crippen LogP contribution >= 0.6 is 0 Å². The number of rotatable bonds is 4. The quantitative estimate of drug-likeness (QED) is 0.802. The molecule has 1 fully saturated rings. The number of hydrogen-bond acceptors (Lipinski definition) is 5. The summed E-state index contributed by atoms with van der Waals surface area (Å²) in [5.74, 6) is 0.180. The summed E-state index contributed by atoms with van der Waals surface area (Å²) < 4.78 is 10.2. The molecule has 0 bridgehead atoms. The second kappa shape index (κ2) is 7.64. The van der Waals surface area contributed by atoms with Crippen molar-refractivity contribution in [1.29, 1.82) is 0 Å². The summed E-state index contributed by atoms with van der Waals surface area (Å²) in [4.78, 5) is 25.4. The first kappa shape index (κ1) is 17.8. The normalized spacial score (nSPS) is 23.5. The topological polar surface area (TPSA) is 67.9 Å². The SMILES string of the molecule is CCOC(=O)NC1CC(C)CN(CC(=O)OC(C)(C)C)C1. The van der Waals surface area contributed by atoms with Gasteiger partial charge in [0.2, 0.25) is 0 Å². The number of esters is 1. The smallest absolute Gasteiger partial charge is 0.407 e. The molecule has 0 aromatic heterocycles. The molecule has 1 N–H and O–H groups in total. The number of piperidine rings is 1. The Hall–Kier alpha value is -1.30. The summed E-state index contributed by atoms with van der Waals surface area (Å²) in [7, 11) is 0. The van der Waals surface area contributed by atoms with Crippen LogP contribution in [0.25, 0.3) is 0 Å². The van der Waals surface area contributed by atoms with E-state index < -0.39 is 11.7 Å². The number of hydrogen-bond donors (Lipinski definition) is 1. The lowest BCUT2D eigenvalue weighted by Gasteiger charge is -2.36. The summed E-state index contributed by atoms with van der Waals surface area (Å²) >= 11 is 0. The van der Waals surface area contributed by atoms with Gasteiger partial charge in [0.1, 0.15) is 5.60 Å². The van der Waals surface area contributed by atoms with Crippen LogP contribution in [-0.2, 0) is 14.3 Å². The van der Waals surface area contributed by atoms with Crippen LogP contribution in [0, 0.1) is 5.92 Å². The molecule has 0 aromatic rings. The minimum Gasteiger partial charge on any atom is -0.459 e. The minimum atomic E-state index is -0.471. The molecule has 1 aliphatic rings. The summed E-state index contributed by atoms with van der Waals surface area (Å²) in [6.45, 7) is 11.5. The third-order valence-electron chi connectivity index (χ3n) is 3.11. The standard InChI is InChI=1S/C15H28N2O4/c1-6-20-14(19)16-12-7-11(2)8-17(9-12)10-13(18)21-15(3,4)5/h11-12H,6-10H2,1-5H3,(H,16,19). The molecule has 2 unspecified atom stereocenters. The van der Waals surface area contributed by atoms with Gasteiger partial charge in [0.25, 0.3) is 0 Å². The molecule has 0 aromatic carbocycles. The zero-order valence-corrected chi connectivity index (χ0v) is 13.8. The van der Waals surface area contributed by atoms with Gasteiger partial charge in [-0.15, -0.1) is 0 Å². The van der Waals surface area contributed by atoms with E-state index in [1.54, 1.807) is 6.92 Å². The average molecular weight is 300 g/mol. The second-order valence-corrected chi connectivity index (χ2v) is 6.68. The summed E-state index contributed by atoms with van der Waals surface area (Å²) in [6.07, 6.45) is 0.498. The number of alkyl carbamates (subject to hydrolysis) is 1. The molecule has 122 valence electrons. The van der Waals surface area contributed by atoms with Crippen molar-refractivity contribution in [3.63, 3.8) is 0 Å². The van der Waals surface area contributed by atoms with Crippen LogP contribution in [-0.4, -0.2) is 54.8 Å². The van der Waals surface area contributed by atoms with Crippen LogP contribution in [0.4, 0.5) is 4.79 Å². The maximum Gasteiger partial charge on any atom is 0.407 e. The summed E-state index contributed by atoms with van der Waals surface area (Å²) in [6, 6.07) is 0.00948. The van der Waals surface area contributed by atoms with E-state index in [1.165, 1.54) is 0 Å². The van der Waals surface area contributed by atoms with Crippen molar-refractivity contribution in [2.75, 3.05) is 26.2 Å². The average Bonchev–Trinajstić information content (AvgIpc) is 2.24. The summed E-state index contributed by atoms with van der Waals surface area (Å²) in [5.41, 5.74) is -0.471. The maximum absolute atomic E-state index is 11.9. The Morgan fingerprint density at radius 3 is 2.52 bits per heavy atom. The highest BCUT2D eigenvalue weighted by Gasteiger charge is 2.28. The van der Waals surface area contributed by atoms with Crippen LogP contribution in [0.1, 0.15) is 41.0 Å². The Morgan fingerprint density at radius 2 is 1.95 bits per heavy atom. The molecule has 1 saturated heterocycles. The second-order valence-electron chi connectivity index (χ2n) is 6.68. The van der Waals surface area contributed by atoms with E-state index in [1.807, 2.05) is 25.7 Å². The number of ether oxygens (including phenoxy) is 2. The first-order valence-corrected chi connectivity index (χ1v) is 7.57. The molecular weight excluding hydrogens is 272 g/mol. The Bertz CT molecular complexity index is 365. The molecule has 2 atom stereocenters. The predicted octanol–water partition coefficient (Wildman–Crippen LogP) is 1.78. The van der Waals surface area contributed by atoms with E-state index in [2.05, 4.69) is 12.2 Å². The fourth-order valence-corrected chi connectivity index (χ4v) is 2.59. The van der Waals surface area contributed by atoms with E-state index in [4.69, 9.17) is 9.47 Å². The van der Waals surface area contributed by atoms with Crippen molar-refractivity contribution in [3.8, 4) is 0 Å². The van der Waals surface area contributed by atoms with Crippen molar-refractivity contribution in [3.05, 3.63) is 0 Å². The lowest BCUT2D eigenvalue weighted by molar-refractivity contribution is -0.156. The molecule has 0 aliphatic carbocycles. The lowest BCUT2D eigenvalue weighted by atomic mass is 9.96. The molecule has 1 aliphatic heterocycles. The highest BCUT2D eigenvalue weighted by molar-refractivity contribution is 5.72. The van der Waals surface area contributed by atoms with Gasteiger partial charge in [-0.3, -0.25) is 9.69 Å². The Morgan fingerprint density at radius 1 is 1.29 bits per heavy atom. The van der Waals surface area contributed by atoms with Crippen molar-refractivity contribution >= 4 is 12.1 Å². The zero-order valence-electron chi connectivity index (χ0n) is 13.8. The van der Waals surface area contributed by atoms with Crippen LogP contribution in [0.2, 0.25) is 0 Å². The highest BCUT2D eigenvalue weighted by Crippen LogP contribution is 2.17. The monoisotopic (exact) mass is 300 g/mol. The molecule has 1 rings (SSSR count). The summed E-state index contributed by atoms with van der Waals surface area (Å²) in [5, 5.41) is 2.85. The molecule has 0 spiro atoms. The predicted molar refractivity (Wildman–Crippen MR) is 80.0 cm³/mol. The number of carbonyl (C=O) groups excluding carboxylic acids is 2. The fraction of sp³-hybridized carbons (Fsp3) is 0.867. The van der Waals surface area contributed by atoms with Crippen molar-refractivity contribution in [1.82, 2.24) is 10.2 Å². The highest BCUT2D eigenvalue weighted by atomic mass is 16.6. The number of amides is 1. The van der Waals surface area contributed by atoms with Gasteiger partial charge in [0, 0.05) is 19.1 Å². The van der Waals surface area contributed by atoms with Crippen molar-refractivity contribution in [2.45, 2.75) is 52.7 Å². The number of nitrogens with one attached hydrogen (secondary N) is 1. The van der Waals surface area contributed by atoms with Crippen molar-refractivity contribution < 1.29 is 19.1 Å². The molecule has 21 heavy (non-hydrogen) atoms. The zero-order chi connectivity index (χ0) is 16.0. The van der Waals surface area contributed by atoms with Crippen LogP contribution in [0.5, 0.6) is 0 Å².